The smallest absolute Gasteiger partial charge is 0.257 e. The van der Waals surface area contributed by atoms with Gasteiger partial charge < -0.3 is 10.0 Å². The maximum absolute atomic E-state index is 12.9. The highest BCUT2D eigenvalue weighted by Gasteiger charge is 2.35. The Hall–Kier alpha value is -1.72. The summed E-state index contributed by atoms with van der Waals surface area (Å²) in [6.07, 6.45) is 3.60. The zero-order chi connectivity index (χ0) is 16.3. The molecule has 0 aliphatic heterocycles. The van der Waals surface area contributed by atoms with Gasteiger partial charge in [-0.15, -0.1) is 0 Å². The van der Waals surface area contributed by atoms with Crippen molar-refractivity contribution in [3.8, 4) is 0 Å². The second-order valence-electron chi connectivity index (χ2n) is 6.39. The Morgan fingerprint density at radius 2 is 2.00 bits per heavy atom. The van der Waals surface area contributed by atoms with Gasteiger partial charge in [0.25, 0.3) is 5.91 Å². The first kappa shape index (κ1) is 16.1. The number of aliphatic hydroxyl groups is 1. The first-order valence-corrected chi connectivity index (χ1v) is 8.88. The molecule has 2 aromatic rings. The van der Waals surface area contributed by atoms with Crippen molar-refractivity contribution in [1.82, 2.24) is 9.27 Å². The van der Waals surface area contributed by atoms with Crippen molar-refractivity contribution < 1.29 is 9.90 Å². The highest BCUT2D eigenvalue weighted by molar-refractivity contribution is 7.03. The van der Waals surface area contributed by atoms with E-state index in [9.17, 15) is 9.90 Å². The lowest BCUT2D eigenvalue weighted by Gasteiger charge is -2.31. The van der Waals surface area contributed by atoms with E-state index >= 15 is 0 Å². The first-order valence-electron chi connectivity index (χ1n) is 8.04. The molecule has 1 aromatic carbocycles. The molecular formula is C18H22N2O2S. The van der Waals surface area contributed by atoms with Crippen molar-refractivity contribution >= 4 is 17.4 Å². The van der Waals surface area contributed by atoms with Crippen molar-refractivity contribution in [3.05, 3.63) is 52.5 Å². The standard InChI is InChI=1S/C18H22N2O2S/c1-14-16(12-23-19-14)17(21)20(11-15-7-3-2-4-8-15)13-18(22)9-5-6-10-18/h2-4,7-8,12,22H,5-6,9-11,13H2,1H3. The van der Waals surface area contributed by atoms with Gasteiger partial charge in [-0.1, -0.05) is 43.2 Å². The zero-order valence-electron chi connectivity index (χ0n) is 13.4. The summed E-state index contributed by atoms with van der Waals surface area (Å²) in [5.74, 6) is -0.0413. The van der Waals surface area contributed by atoms with Crippen LogP contribution in [0.15, 0.2) is 35.7 Å². The number of carbonyl (C=O) groups excluding carboxylic acids is 1. The maximum Gasteiger partial charge on any atom is 0.257 e. The van der Waals surface area contributed by atoms with Crippen LogP contribution < -0.4 is 0 Å². The van der Waals surface area contributed by atoms with Crippen LogP contribution in [-0.4, -0.2) is 32.4 Å². The van der Waals surface area contributed by atoms with Crippen LogP contribution in [0, 0.1) is 6.92 Å². The molecule has 0 bridgehead atoms. The molecular weight excluding hydrogens is 308 g/mol. The molecule has 1 N–H and O–H groups in total. The van der Waals surface area contributed by atoms with Crippen LogP contribution in [0.1, 0.15) is 47.3 Å². The molecule has 4 nitrogen and oxygen atoms in total. The Bertz CT molecular complexity index is 663. The van der Waals surface area contributed by atoms with Crippen molar-refractivity contribution in [2.75, 3.05) is 6.54 Å². The SMILES string of the molecule is Cc1nscc1C(=O)N(Cc1ccccc1)CC1(O)CCCC1. The van der Waals surface area contributed by atoms with E-state index in [2.05, 4.69) is 4.37 Å². The van der Waals surface area contributed by atoms with E-state index in [0.29, 0.717) is 18.7 Å². The van der Waals surface area contributed by atoms with E-state index in [4.69, 9.17) is 0 Å². The number of nitrogens with zero attached hydrogens (tertiary/aromatic N) is 2. The minimum absolute atomic E-state index is 0.0413. The zero-order valence-corrected chi connectivity index (χ0v) is 14.2. The second kappa shape index (κ2) is 6.81. The van der Waals surface area contributed by atoms with Gasteiger partial charge in [0, 0.05) is 11.9 Å². The fraction of sp³-hybridized carbons (Fsp3) is 0.444. The fourth-order valence-electron chi connectivity index (χ4n) is 3.22. The van der Waals surface area contributed by atoms with E-state index in [1.807, 2.05) is 37.3 Å². The van der Waals surface area contributed by atoms with Crippen LogP contribution in [0.3, 0.4) is 0 Å². The molecule has 0 radical (unpaired) electrons. The third-order valence-corrected chi connectivity index (χ3v) is 5.22. The van der Waals surface area contributed by atoms with Crippen LogP contribution in [-0.2, 0) is 6.54 Å². The van der Waals surface area contributed by atoms with Gasteiger partial charge >= 0.3 is 0 Å². The van der Waals surface area contributed by atoms with Gasteiger partial charge in [0.05, 0.1) is 23.4 Å². The number of hydrogen-bond donors (Lipinski definition) is 1. The maximum atomic E-state index is 12.9. The number of aryl methyl sites for hydroxylation is 1. The molecule has 1 aliphatic carbocycles. The Morgan fingerprint density at radius 3 is 2.61 bits per heavy atom. The molecule has 23 heavy (non-hydrogen) atoms. The summed E-state index contributed by atoms with van der Waals surface area (Å²) in [7, 11) is 0. The molecule has 5 heteroatoms. The number of hydrogen-bond acceptors (Lipinski definition) is 4. The minimum atomic E-state index is -0.748. The molecule has 0 unspecified atom stereocenters. The van der Waals surface area contributed by atoms with Crippen molar-refractivity contribution in [3.63, 3.8) is 0 Å². The van der Waals surface area contributed by atoms with Crippen molar-refractivity contribution in [2.24, 2.45) is 0 Å². The van der Waals surface area contributed by atoms with Gasteiger partial charge in [0.15, 0.2) is 0 Å². The number of carbonyl (C=O) groups is 1. The predicted octanol–water partition coefficient (Wildman–Crippen LogP) is 3.40. The molecule has 1 aliphatic rings. The molecule has 1 saturated carbocycles. The number of amides is 1. The predicted molar refractivity (Wildman–Crippen MR) is 91.5 cm³/mol. The lowest BCUT2D eigenvalue weighted by atomic mass is 10.0. The highest BCUT2D eigenvalue weighted by atomic mass is 32.1. The van der Waals surface area contributed by atoms with Gasteiger partial charge in [0.2, 0.25) is 0 Å². The number of rotatable bonds is 5. The molecule has 1 amide bonds. The van der Waals surface area contributed by atoms with E-state index < -0.39 is 5.60 Å². The topological polar surface area (TPSA) is 53.4 Å². The normalized spacial score (nSPS) is 16.4. The summed E-state index contributed by atoms with van der Waals surface area (Å²) >= 11 is 1.30. The van der Waals surface area contributed by atoms with E-state index in [-0.39, 0.29) is 5.91 Å². The summed E-state index contributed by atoms with van der Waals surface area (Å²) in [5, 5.41) is 12.5. The molecule has 122 valence electrons. The molecule has 3 rings (SSSR count). The summed E-state index contributed by atoms with van der Waals surface area (Å²) in [5.41, 5.74) is 1.73. The summed E-state index contributed by atoms with van der Waals surface area (Å²) < 4.78 is 4.21. The van der Waals surface area contributed by atoms with E-state index in [1.165, 1.54) is 11.5 Å². The van der Waals surface area contributed by atoms with Crippen LogP contribution in [0.25, 0.3) is 0 Å². The van der Waals surface area contributed by atoms with E-state index in [1.54, 1.807) is 10.3 Å². The highest BCUT2D eigenvalue weighted by Crippen LogP contribution is 2.31. The van der Waals surface area contributed by atoms with Crippen molar-refractivity contribution in [1.29, 1.82) is 0 Å². The first-order chi connectivity index (χ1) is 11.1. The van der Waals surface area contributed by atoms with Gasteiger partial charge in [-0.3, -0.25) is 4.79 Å². The van der Waals surface area contributed by atoms with E-state index in [0.717, 1.165) is 36.9 Å². The quantitative estimate of drug-likeness (QED) is 0.914. The largest absolute Gasteiger partial charge is 0.388 e. The van der Waals surface area contributed by atoms with Gasteiger partial charge in [-0.05, 0) is 36.9 Å². The summed E-state index contributed by atoms with van der Waals surface area (Å²) in [6.45, 7) is 2.75. The molecule has 0 atom stereocenters. The average Bonchev–Trinajstić information content (AvgIpc) is 3.16. The minimum Gasteiger partial charge on any atom is -0.388 e. The Balaban J connectivity index is 1.83. The summed E-state index contributed by atoms with van der Waals surface area (Å²) in [6, 6.07) is 9.93. The number of benzene rings is 1. The molecule has 1 aromatic heterocycles. The second-order valence-corrected chi connectivity index (χ2v) is 7.02. The molecule has 1 fully saturated rings. The third kappa shape index (κ3) is 3.79. The third-order valence-electron chi connectivity index (χ3n) is 4.50. The van der Waals surface area contributed by atoms with Crippen LogP contribution in [0.4, 0.5) is 0 Å². The van der Waals surface area contributed by atoms with Gasteiger partial charge in [-0.2, -0.15) is 4.37 Å². The Labute approximate surface area is 140 Å². The van der Waals surface area contributed by atoms with Crippen LogP contribution in [0.2, 0.25) is 0 Å². The van der Waals surface area contributed by atoms with Gasteiger partial charge in [0.1, 0.15) is 0 Å². The van der Waals surface area contributed by atoms with Crippen LogP contribution >= 0.6 is 11.5 Å². The molecule has 0 saturated heterocycles. The monoisotopic (exact) mass is 330 g/mol. The van der Waals surface area contributed by atoms with Crippen LogP contribution in [0.5, 0.6) is 0 Å². The summed E-state index contributed by atoms with van der Waals surface area (Å²) in [4.78, 5) is 14.7. The fourth-order valence-corrected chi connectivity index (χ4v) is 3.90. The Morgan fingerprint density at radius 1 is 1.30 bits per heavy atom. The molecule has 1 heterocycles. The average molecular weight is 330 g/mol. The lowest BCUT2D eigenvalue weighted by molar-refractivity contribution is 0.00784. The van der Waals surface area contributed by atoms with Gasteiger partial charge in [-0.25, -0.2) is 0 Å². The Kier molecular flexibility index (Phi) is 4.78. The lowest BCUT2D eigenvalue weighted by Crippen LogP contribution is -2.43. The van der Waals surface area contributed by atoms with Crippen molar-refractivity contribution in [2.45, 2.75) is 44.8 Å². The molecule has 0 spiro atoms. The number of aromatic nitrogens is 1.